The molecule has 1 unspecified atom stereocenters. The first-order valence-corrected chi connectivity index (χ1v) is 6.86. The number of carbonyl (C=O) groups excluding carboxylic acids is 1. The number of nitrogens with zero attached hydrogens (tertiary/aromatic N) is 1. The van der Waals surface area contributed by atoms with Crippen molar-refractivity contribution in [3.63, 3.8) is 0 Å². The van der Waals surface area contributed by atoms with Crippen LogP contribution in [-0.4, -0.2) is 35.4 Å². The Morgan fingerprint density at radius 3 is 2.95 bits per heavy atom. The number of carbonyl (C=O) groups is 1. The normalized spacial score (nSPS) is 19.4. The molecule has 2 rings (SSSR count). The van der Waals surface area contributed by atoms with E-state index in [1.807, 2.05) is 19.2 Å². The third-order valence-electron chi connectivity index (χ3n) is 3.25. The van der Waals surface area contributed by atoms with Crippen LogP contribution in [0.25, 0.3) is 0 Å². The van der Waals surface area contributed by atoms with E-state index in [4.69, 9.17) is 29.6 Å². The Bertz CT molecular complexity index is 521. The van der Waals surface area contributed by atoms with Gasteiger partial charge in [0.15, 0.2) is 0 Å². The number of nitrogens with one attached hydrogen (secondary N) is 1. The van der Waals surface area contributed by atoms with Crippen LogP contribution < -0.4 is 11.1 Å². The molecule has 0 bridgehead atoms. The number of nitrogens with two attached hydrogens (primary N) is 1. The number of hydrogen-bond acceptors (Lipinski definition) is 3. The Balaban J connectivity index is 2.18. The molecule has 1 aliphatic rings. The van der Waals surface area contributed by atoms with Gasteiger partial charge in [-0.1, -0.05) is 29.9 Å². The van der Waals surface area contributed by atoms with Crippen molar-refractivity contribution >= 4 is 40.4 Å². The lowest BCUT2D eigenvalue weighted by atomic mass is 10.0. The van der Waals surface area contributed by atoms with Gasteiger partial charge < -0.3 is 16.0 Å². The van der Waals surface area contributed by atoms with Crippen LogP contribution in [0.3, 0.4) is 0 Å². The number of piperidine rings is 1. The van der Waals surface area contributed by atoms with E-state index in [0.29, 0.717) is 23.6 Å². The van der Waals surface area contributed by atoms with Crippen molar-refractivity contribution in [2.45, 2.75) is 18.9 Å². The molecular weight excluding hydrogens is 282 g/mol. The van der Waals surface area contributed by atoms with Crippen LogP contribution in [0.1, 0.15) is 18.4 Å². The Labute approximate surface area is 122 Å². The monoisotopic (exact) mass is 297 g/mol. The van der Waals surface area contributed by atoms with E-state index in [0.717, 1.165) is 12.1 Å². The average molecular weight is 298 g/mol. The van der Waals surface area contributed by atoms with Crippen LogP contribution in [0.15, 0.2) is 18.2 Å². The Morgan fingerprint density at radius 2 is 2.32 bits per heavy atom. The highest BCUT2D eigenvalue weighted by atomic mass is 35.5. The maximum Gasteiger partial charge on any atom is 0.222 e. The maximum absolute atomic E-state index is 11.5. The van der Waals surface area contributed by atoms with Gasteiger partial charge in [-0.25, -0.2) is 0 Å². The zero-order chi connectivity index (χ0) is 14.0. The Hall–Kier alpha value is -1.33. The molecule has 0 aromatic heterocycles. The number of rotatable bonds is 3. The predicted molar refractivity (Wildman–Crippen MR) is 81.6 cm³/mol. The lowest BCUT2D eigenvalue weighted by molar-refractivity contribution is -0.132. The fraction of sp³-hybridized carbons (Fsp3) is 0.385. The van der Waals surface area contributed by atoms with Crippen LogP contribution in [0.2, 0.25) is 5.02 Å². The van der Waals surface area contributed by atoms with Crippen molar-refractivity contribution in [2.24, 2.45) is 5.73 Å². The number of hydrogen-bond donors (Lipinski definition) is 2. The zero-order valence-electron chi connectivity index (χ0n) is 10.6. The van der Waals surface area contributed by atoms with Crippen molar-refractivity contribution < 1.29 is 4.79 Å². The molecule has 102 valence electrons. The van der Waals surface area contributed by atoms with Gasteiger partial charge in [0.1, 0.15) is 4.99 Å². The standard InChI is InChI=1S/C13H16ClN3OS/c1-17-7-8(5-6-11(17)18)16-10-4-2-3-9(14)12(10)13(15)19/h2-4,8,16H,5-7H2,1H3,(H2,15,19). The summed E-state index contributed by atoms with van der Waals surface area (Å²) in [5.74, 6) is 0.179. The number of halogens is 1. The number of benzene rings is 1. The summed E-state index contributed by atoms with van der Waals surface area (Å²) >= 11 is 11.2. The lowest BCUT2D eigenvalue weighted by Crippen LogP contribution is -2.43. The lowest BCUT2D eigenvalue weighted by Gasteiger charge is -2.31. The summed E-state index contributed by atoms with van der Waals surface area (Å²) in [6, 6.07) is 5.70. The molecule has 1 amide bonds. The predicted octanol–water partition coefficient (Wildman–Crippen LogP) is 2.01. The summed E-state index contributed by atoms with van der Waals surface area (Å²) in [4.78, 5) is 13.5. The van der Waals surface area contributed by atoms with Crippen molar-refractivity contribution in [1.29, 1.82) is 0 Å². The van der Waals surface area contributed by atoms with Gasteiger partial charge in [-0.2, -0.15) is 0 Å². The van der Waals surface area contributed by atoms with Crippen LogP contribution in [0, 0.1) is 0 Å². The van der Waals surface area contributed by atoms with Gasteiger partial charge in [0, 0.05) is 31.7 Å². The molecule has 6 heteroatoms. The number of likely N-dealkylation sites (N-methyl/N-ethyl adjacent to an activating group) is 1. The van der Waals surface area contributed by atoms with Gasteiger partial charge >= 0.3 is 0 Å². The van der Waals surface area contributed by atoms with Crippen LogP contribution in [0.5, 0.6) is 0 Å². The van der Waals surface area contributed by atoms with Crippen molar-refractivity contribution in [3.05, 3.63) is 28.8 Å². The Kier molecular flexibility index (Phi) is 4.27. The summed E-state index contributed by atoms with van der Waals surface area (Å²) in [6.07, 6.45) is 1.35. The molecular formula is C13H16ClN3OS. The minimum Gasteiger partial charge on any atom is -0.389 e. The second kappa shape index (κ2) is 5.75. The summed E-state index contributed by atoms with van der Waals surface area (Å²) < 4.78 is 0. The smallest absolute Gasteiger partial charge is 0.222 e. The zero-order valence-corrected chi connectivity index (χ0v) is 12.2. The third-order valence-corrected chi connectivity index (χ3v) is 3.77. The summed E-state index contributed by atoms with van der Waals surface area (Å²) in [6.45, 7) is 0.669. The number of likely N-dealkylation sites (tertiary alicyclic amines) is 1. The molecule has 0 radical (unpaired) electrons. The first-order valence-electron chi connectivity index (χ1n) is 6.08. The van der Waals surface area contributed by atoms with E-state index >= 15 is 0 Å². The van der Waals surface area contributed by atoms with Crippen molar-refractivity contribution in [1.82, 2.24) is 4.90 Å². The summed E-state index contributed by atoms with van der Waals surface area (Å²) in [5.41, 5.74) is 7.20. The van der Waals surface area contributed by atoms with Crippen molar-refractivity contribution in [2.75, 3.05) is 18.9 Å². The largest absolute Gasteiger partial charge is 0.389 e. The molecule has 19 heavy (non-hydrogen) atoms. The minimum atomic E-state index is 0.179. The minimum absolute atomic E-state index is 0.179. The van der Waals surface area contributed by atoms with Crippen LogP contribution in [-0.2, 0) is 4.79 Å². The van der Waals surface area contributed by atoms with E-state index in [2.05, 4.69) is 5.32 Å². The molecule has 1 aliphatic heterocycles. The van der Waals surface area contributed by atoms with E-state index in [9.17, 15) is 4.79 Å². The Morgan fingerprint density at radius 1 is 1.58 bits per heavy atom. The average Bonchev–Trinajstić information content (AvgIpc) is 2.33. The van der Waals surface area contributed by atoms with Gasteiger partial charge in [-0.05, 0) is 18.6 Å². The number of thiocarbonyl (C=S) groups is 1. The van der Waals surface area contributed by atoms with Crippen LogP contribution >= 0.6 is 23.8 Å². The molecule has 1 fully saturated rings. The molecule has 0 saturated carbocycles. The molecule has 0 aliphatic carbocycles. The molecule has 3 N–H and O–H groups in total. The SMILES string of the molecule is CN1CC(Nc2cccc(Cl)c2C(N)=S)CCC1=O. The van der Waals surface area contributed by atoms with Gasteiger partial charge in [0.2, 0.25) is 5.91 Å². The fourth-order valence-corrected chi connectivity index (χ4v) is 2.80. The first-order chi connectivity index (χ1) is 8.99. The molecule has 1 aromatic rings. The highest BCUT2D eigenvalue weighted by Gasteiger charge is 2.23. The van der Waals surface area contributed by atoms with E-state index in [-0.39, 0.29) is 16.9 Å². The second-order valence-corrected chi connectivity index (χ2v) is 5.53. The second-order valence-electron chi connectivity index (χ2n) is 4.68. The first kappa shape index (κ1) is 14.1. The van der Waals surface area contributed by atoms with Gasteiger partial charge in [0.05, 0.1) is 10.6 Å². The summed E-state index contributed by atoms with van der Waals surface area (Å²) in [7, 11) is 1.81. The fourth-order valence-electron chi connectivity index (χ4n) is 2.24. The number of amides is 1. The van der Waals surface area contributed by atoms with Crippen molar-refractivity contribution in [3.8, 4) is 0 Å². The van der Waals surface area contributed by atoms with Gasteiger partial charge in [-0.3, -0.25) is 4.79 Å². The van der Waals surface area contributed by atoms with Crippen LogP contribution in [0.4, 0.5) is 5.69 Å². The molecule has 0 spiro atoms. The molecule has 4 nitrogen and oxygen atoms in total. The molecule has 1 atom stereocenters. The third kappa shape index (κ3) is 3.16. The van der Waals surface area contributed by atoms with E-state index in [1.165, 1.54) is 0 Å². The van der Waals surface area contributed by atoms with E-state index in [1.54, 1.807) is 11.0 Å². The highest BCUT2D eigenvalue weighted by molar-refractivity contribution is 7.80. The quantitative estimate of drug-likeness (QED) is 0.838. The molecule has 1 heterocycles. The topological polar surface area (TPSA) is 58.4 Å². The molecule has 1 saturated heterocycles. The molecule has 1 aromatic carbocycles. The maximum atomic E-state index is 11.5. The van der Waals surface area contributed by atoms with E-state index < -0.39 is 0 Å². The highest BCUT2D eigenvalue weighted by Crippen LogP contribution is 2.26. The summed E-state index contributed by atoms with van der Waals surface area (Å²) in [5, 5.41) is 3.92. The van der Waals surface area contributed by atoms with Gasteiger partial charge in [-0.15, -0.1) is 0 Å². The van der Waals surface area contributed by atoms with Gasteiger partial charge in [0.25, 0.3) is 0 Å². The number of anilines is 1.